The summed E-state index contributed by atoms with van der Waals surface area (Å²) in [6.07, 6.45) is 3.17. The van der Waals surface area contributed by atoms with Crippen molar-refractivity contribution >= 4 is 23.7 Å². The van der Waals surface area contributed by atoms with Crippen molar-refractivity contribution in [1.29, 1.82) is 0 Å². The minimum absolute atomic E-state index is 0.263. The van der Waals surface area contributed by atoms with Gasteiger partial charge in [-0.05, 0) is 55.8 Å². The van der Waals surface area contributed by atoms with Crippen LogP contribution in [-0.4, -0.2) is 44.1 Å². The number of hydrogen-bond acceptors (Lipinski definition) is 7. The first kappa shape index (κ1) is 25.1. The highest BCUT2D eigenvalue weighted by Gasteiger charge is 2.15. The van der Waals surface area contributed by atoms with E-state index in [0.717, 1.165) is 11.3 Å². The first-order valence-electron chi connectivity index (χ1n) is 10.3. The Balaban J connectivity index is 2.18. The number of thioether (sulfide) groups is 1. The van der Waals surface area contributed by atoms with Gasteiger partial charge in [-0.25, -0.2) is 9.59 Å². The zero-order chi connectivity index (χ0) is 23.3. The van der Waals surface area contributed by atoms with E-state index in [2.05, 4.69) is 0 Å². The van der Waals surface area contributed by atoms with E-state index in [1.54, 1.807) is 45.0 Å². The predicted molar refractivity (Wildman–Crippen MR) is 127 cm³/mol. The van der Waals surface area contributed by atoms with Crippen molar-refractivity contribution in [2.75, 3.05) is 27.3 Å². The molecular formula is C25H29NO5S. The van der Waals surface area contributed by atoms with Crippen LogP contribution in [0.3, 0.4) is 0 Å². The minimum Gasteiger partial charge on any atom is -0.462 e. The molecule has 0 saturated heterocycles. The van der Waals surface area contributed by atoms with Gasteiger partial charge in [0.15, 0.2) is 0 Å². The Kier molecular flexibility index (Phi) is 10.4. The maximum Gasteiger partial charge on any atom is 0.354 e. The summed E-state index contributed by atoms with van der Waals surface area (Å²) in [5.41, 5.74) is 1.33. The van der Waals surface area contributed by atoms with E-state index in [1.807, 2.05) is 54.6 Å². The van der Waals surface area contributed by atoms with Crippen molar-refractivity contribution in [2.45, 2.75) is 19.6 Å². The lowest BCUT2D eigenvalue weighted by Gasteiger charge is -2.15. The highest BCUT2D eigenvalue weighted by molar-refractivity contribution is 8.03. The van der Waals surface area contributed by atoms with Crippen LogP contribution < -0.4 is 4.74 Å². The summed E-state index contributed by atoms with van der Waals surface area (Å²) in [4.78, 5) is 26.7. The van der Waals surface area contributed by atoms with Crippen molar-refractivity contribution in [3.8, 4) is 11.5 Å². The molecule has 0 spiro atoms. The van der Waals surface area contributed by atoms with Gasteiger partial charge in [0.05, 0.1) is 18.1 Å². The van der Waals surface area contributed by atoms with E-state index >= 15 is 0 Å². The van der Waals surface area contributed by atoms with E-state index in [4.69, 9.17) is 14.2 Å². The van der Waals surface area contributed by atoms with Crippen molar-refractivity contribution in [3.05, 3.63) is 82.9 Å². The third kappa shape index (κ3) is 8.15. The number of allylic oxidation sites excluding steroid dienone is 2. The first-order chi connectivity index (χ1) is 15.4. The summed E-state index contributed by atoms with van der Waals surface area (Å²) in [7, 11) is 3.48. The van der Waals surface area contributed by atoms with Crippen LogP contribution in [0.4, 0.5) is 0 Å². The molecule has 0 N–H and O–H groups in total. The number of carbonyl (C=O) groups is 2. The van der Waals surface area contributed by atoms with Crippen LogP contribution in [-0.2, 0) is 24.8 Å². The second kappa shape index (κ2) is 13.3. The number of ether oxygens (including phenoxy) is 3. The fourth-order valence-corrected chi connectivity index (χ4v) is 3.46. The van der Waals surface area contributed by atoms with Crippen molar-refractivity contribution in [2.24, 2.45) is 0 Å². The fourth-order valence-electron chi connectivity index (χ4n) is 2.62. The molecule has 0 aliphatic heterocycles. The number of benzene rings is 2. The average molecular weight is 456 g/mol. The first-order valence-corrected chi connectivity index (χ1v) is 11.3. The number of carbonyl (C=O) groups excluding carboxylic acids is 2. The van der Waals surface area contributed by atoms with Crippen molar-refractivity contribution < 1.29 is 23.8 Å². The molecule has 0 heterocycles. The van der Waals surface area contributed by atoms with Gasteiger partial charge >= 0.3 is 11.9 Å². The number of para-hydroxylation sites is 1. The predicted octanol–water partition coefficient (Wildman–Crippen LogP) is 5.17. The average Bonchev–Trinajstić information content (AvgIpc) is 2.77. The third-order valence-electron chi connectivity index (χ3n) is 4.11. The highest BCUT2D eigenvalue weighted by Crippen LogP contribution is 2.27. The molecule has 32 heavy (non-hydrogen) atoms. The Labute approximate surface area is 193 Å². The lowest BCUT2D eigenvalue weighted by molar-refractivity contribution is -0.140. The van der Waals surface area contributed by atoms with Gasteiger partial charge in [0.25, 0.3) is 0 Å². The zero-order valence-electron chi connectivity index (χ0n) is 18.9. The molecule has 2 aromatic rings. The molecule has 0 unspecified atom stereocenters. The normalized spacial score (nSPS) is 11.6. The van der Waals surface area contributed by atoms with Gasteiger partial charge in [0, 0.05) is 19.8 Å². The largest absolute Gasteiger partial charge is 0.462 e. The summed E-state index contributed by atoms with van der Waals surface area (Å²) in [5, 5.41) is 0. The van der Waals surface area contributed by atoms with E-state index < -0.39 is 11.9 Å². The maximum atomic E-state index is 12.5. The summed E-state index contributed by atoms with van der Waals surface area (Å²) < 4.78 is 16.2. The lowest BCUT2D eigenvalue weighted by atomic mass is 10.2. The minimum atomic E-state index is -0.451. The van der Waals surface area contributed by atoms with Crippen molar-refractivity contribution in [1.82, 2.24) is 4.90 Å². The number of rotatable bonds is 11. The van der Waals surface area contributed by atoms with Crippen LogP contribution in [0, 0.1) is 0 Å². The fraction of sp³-hybridized carbons (Fsp3) is 0.280. The van der Waals surface area contributed by atoms with Gasteiger partial charge < -0.3 is 19.1 Å². The molecule has 7 heteroatoms. The molecule has 0 radical (unpaired) electrons. The van der Waals surface area contributed by atoms with E-state index in [0.29, 0.717) is 22.1 Å². The summed E-state index contributed by atoms with van der Waals surface area (Å²) in [5.74, 6) is 1.11. The summed E-state index contributed by atoms with van der Waals surface area (Å²) in [6.45, 7) is 4.04. The van der Waals surface area contributed by atoms with Crippen LogP contribution in [0.1, 0.15) is 19.4 Å². The van der Waals surface area contributed by atoms with Crippen LogP contribution in [0.2, 0.25) is 0 Å². The van der Waals surface area contributed by atoms with Crippen LogP contribution in [0.5, 0.6) is 11.5 Å². The number of likely N-dealkylation sites (N-methyl/N-ethyl adjacent to an activating group) is 1. The molecule has 0 saturated carbocycles. The highest BCUT2D eigenvalue weighted by atomic mass is 32.2. The summed E-state index contributed by atoms with van der Waals surface area (Å²) >= 11 is 1.33. The number of esters is 2. The molecule has 0 aromatic heterocycles. The third-order valence-corrected chi connectivity index (χ3v) is 5.20. The Bertz CT molecular complexity index is 954. The van der Waals surface area contributed by atoms with Gasteiger partial charge in [-0.3, -0.25) is 0 Å². The second-order valence-corrected chi connectivity index (χ2v) is 7.79. The standard InChI is InChI=1S/C25H29NO5S/c1-5-29-24(27)22(26(3)4)15-16-23(25(28)30-6-2)32-18-19-11-10-14-21(17-19)31-20-12-8-7-9-13-20/h7-17H,5-6,18H2,1-4H3. The van der Waals surface area contributed by atoms with Crippen LogP contribution in [0.25, 0.3) is 0 Å². The molecular weight excluding hydrogens is 426 g/mol. The molecule has 2 rings (SSSR count). The molecule has 0 amide bonds. The SMILES string of the molecule is CCOC(=O)C(=CC=C(C(=O)OCC)N(C)C)SCc1cccc(Oc2ccccc2)c1. The Hall–Kier alpha value is -3.19. The molecule has 2 aromatic carbocycles. The molecule has 170 valence electrons. The molecule has 0 atom stereocenters. The van der Waals surface area contributed by atoms with E-state index in [-0.39, 0.29) is 13.2 Å². The van der Waals surface area contributed by atoms with Gasteiger partial charge in [0.1, 0.15) is 17.2 Å². The molecule has 0 aliphatic carbocycles. The number of nitrogens with zero attached hydrogens (tertiary/aromatic N) is 1. The van der Waals surface area contributed by atoms with Crippen LogP contribution >= 0.6 is 11.8 Å². The quantitative estimate of drug-likeness (QED) is 0.263. The van der Waals surface area contributed by atoms with Gasteiger partial charge in [-0.2, -0.15) is 0 Å². The van der Waals surface area contributed by atoms with Gasteiger partial charge in [-0.15, -0.1) is 11.8 Å². The molecule has 0 bridgehead atoms. The second-order valence-electron chi connectivity index (χ2n) is 6.77. The van der Waals surface area contributed by atoms with Gasteiger partial charge in [0.2, 0.25) is 0 Å². The van der Waals surface area contributed by atoms with E-state index in [9.17, 15) is 9.59 Å². The smallest absolute Gasteiger partial charge is 0.354 e. The van der Waals surface area contributed by atoms with E-state index in [1.165, 1.54) is 11.8 Å². The maximum absolute atomic E-state index is 12.5. The topological polar surface area (TPSA) is 65.1 Å². The number of hydrogen-bond donors (Lipinski definition) is 0. The summed E-state index contributed by atoms with van der Waals surface area (Å²) in [6, 6.07) is 17.2. The Morgan fingerprint density at radius 3 is 2.19 bits per heavy atom. The van der Waals surface area contributed by atoms with Crippen molar-refractivity contribution in [3.63, 3.8) is 0 Å². The Morgan fingerprint density at radius 1 is 0.875 bits per heavy atom. The zero-order valence-corrected chi connectivity index (χ0v) is 19.7. The Morgan fingerprint density at radius 2 is 1.53 bits per heavy atom. The monoisotopic (exact) mass is 455 g/mol. The molecule has 0 aliphatic rings. The van der Waals surface area contributed by atoms with Gasteiger partial charge in [-0.1, -0.05) is 30.3 Å². The van der Waals surface area contributed by atoms with Crippen LogP contribution in [0.15, 0.2) is 77.4 Å². The molecule has 0 fully saturated rings. The molecule has 6 nitrogen and oxygen atoms in total. The lowest BCUT2D eigenvalue weighted by Crippen LogP contribution is -2.21.